The van der Waals surface area contributed by atoms with E-state index in [-0.39, 0.29) is 6.61 Å². The number of ether oxygens (including phenoxy) is 1. The summed E-state index contributed by atoms with van der Waals surface area (Å²) in [5.41, 5.74) is 0.810. The van der Waals surface area contributed by atoms with Gasteiger partial charge in [-0.25, -0.2) is 9.97 Å². The average Bonchev–Trinajstić information content (AvgIpc) is 2.26. The lowest BCUT2D eigenvalue weighted by molar-refractivity contribution is 0.368. The summed E-state index contributed by atoms with van der Waals surface area (Å²) in [6, 6.07) is 7.23. The maximum Gasteiger partial charge on any atom is 0.174 e. The molecule has 1 heterocycles. The van der Waals surface area contributed by atoms with Crippen molar-refractivity contribution in [1.82, 2.24) is 9.97 Å². The van der Waals surface area contributed by atoms with Gasteiger partial charge in [0.05, 0.1) is 5.52 Å². The highest BCUT2D eigenvalue weighted by molar-refractivity contribution is 5.78. The maximum atomic E-state index is 8.33. The van der Waals surface area contributed by atoms with Crippen LogP contribution in [0.25, 0.3) is 10.9 Å². The van der Waals surface area contributed by atoms with Gasteiger partial charge in [0.15, 0.2) is 6.61 Å². The van der Waals surface area contributed by atoms with Gasteiger partial charge in [0.2, 0.25) is 0 Å². The predicted molar refractivity (Wildman–Crippen MR) is 49.5 cm³/mol. The molecule has 4 heteroatoms. The Morgan fingerprint density at radius 3 is 3.29 bits per heavy atom. The van der Waals surface area contributed by atoms with E-state index in [4.69, 9.17) is 10.00 Å². The molecule has 0 aliphatic heterocycles. The smallest absolute Gasteiger partial charge is 0.174 e. The topological polar surface area (TPSA) is 58.8 Å². The highest BCUT2D eigenvalue weighted by Crippen LogP contribution is 2.17. The lowest BCUT2D eigenvalue weighted by atomic mass is 10.2. The molecule has 4 nitrogen and oxygen atoms in total. The van der Waals surface area contributed by atoms with E-state index in [2.05, 4.69) is 16.2 Å². The number of fused-ring (bicyclic) bond motifs is 1. The van der Waals surface area contributed by atoms with Gasteiger partial charge in [-0.1, -0.05) is 0 Å². The Hall–Kier alpha value is -2.15. The quantitative estimate of drug-likeness (QED) is 0.706. The number of hydrogen-bond donors (Lipinski definition) is 0. The minimum Gasteiger partial charge on any atom is -0.479 e. The monoisotopic (exact) mass is 184 g/mol. The van der Waals surface area contributed by atoms with Gasteiger partial charge in [-0.05, 0) is 18.2 Å². The molecule has 2 aromatic rings. The van der Waals surface area contributed by atoms with E-state index in [0.717, 1.165) is 10.9 Å². The normalized spacial score (nSPS) is 9.64. The van der Waals surface area contributed by atoms with E-state index >= 15 is 0 Å². The van der Waals surface area contributed by atoms with Crippen LogP contribution >= 0.6 is 0 Å². The molecule has 1 aromatic heterocycles. The Balaban J connectivity index is 2.37. The van der Waals surface area contributed by atoms with Crippen LogP contribution in [0.4, 0.5) is 0 Å². The van der Waals surface area contributed by atoms with E-state index in [1.165, 1.54) is 6.33 Å². The Labute approximate surface area is 80.8 Å². The van der Waals surface area contributed by atoms with Crippen LogP contribution in [0.3, 0.4) is 0 Å². The minimum absolute atomic E-state index is 0.0409. The Morgan fingerprint density at radius 2 is 2.43 bits per heavy atom. The van der Waals surface area contributed by atoms with Crippen molar-refractivity contribution >= 4 is 10.9 Å². The van der Waals surface area contributed by atoms with Gasteiger partial charge in [0.1, 0.15) is 24.3 Å². The summed E-state index contributed by atoms with van der Waals surface area (Å²) < 4.78 is 5.13. The highest BCUT2D eigenvalue weighted by Gasteiger charge is 1.97. The second-order valence-corrected chi connectivity index (χ2v) is 2.61. The summed E-state index contributed by atoms with van der Waals surface area (Å²) in [5.74, 6) is 0.630. The first-order valence-corrected chi connectivity index (χ1v) is 4.02. The van der Waals surface area contributed by atoms with Gasteiger partial charge in [-0.15, -0.1) is 0 Å². The number of nitriles is 1. The van der Waals surface area contributed by atoms with Crippen molar-refractivity contribution in [1.29, 1.82) is 5.26 Å². The molecule has 1 radical (unpaired) electrons. The SMILES string of the molecule is N#CCOc1ccc2ncn[c]c2c1. The molecule has 14 heavy (non-hydrogen) atoms. The fourth-order valence-electron chi connectivity index (χ4n) is 1.11. The van der Waals surface area contributed by atoms with Crippen molar-refractivity contribution in [3.63, 3.8) is 0 Å². The van der Waals surface area contributed by atoms with Crippen LogP contribution in [0.1, 0.15) is 0 Å². The van der Waals surface area contributed by atoms with Gasteiger partial charge >= 0.3 is 0 Å². The predicted octanol–water partition coefficient (Wildman–Crippen LogP) is 1.33. The van der Waals surface area contributed by atoms with Crippen molar-refractivity contribution in [2.75, 3.05) is 6.61 Å². The minimum atomic E-state index is 0.0409. The molecule has 0 amide bonds. The van der Waals surface area contributed by atoms with E-state index in [1.54, 1.807) is 18.2 Å². The first kappa shape index (κ1) is 8.45. The molecule has 0 spiro atoms. The molecule has 0 N–H and O–H groups in total. The third-order valence-electron chi connectivity index (χ3n) is 1.71. The van der Waals surface area contributed by atoms with Crippen molar-refractivity contribution in [2.45, 2.75) is 0 Å². The number of aromatic nitrogens is 2. The van der Waals surface area contributed by atoms with E-state index in [1.807, 2.05) is 6.07 Å². The third kappa shape index (κ3) is 1.62. The lowest BCUT2D eigenvalue weighted by Crippen LogP contribution is -1.93. The Bertz CT molecular complexity index is 490. The molecule has 67 valence electrons. The Kier molecular flexibility index (Phi) is 2.24. The molecular weight excluding hydrogens is 178 g/mol. The second kappa shape index (κ2) is 3.71. The first-order valence-electron chi connectivity index (χ1n) is 4.02. The van der Waals surface area contributed by atoms with E-state index in [9.17, 15) is 0 Å². The number of hydrogen-bond acceptors (Lipinski definition) is 4. The van der Waals surface area contributed by atoms with Crippen molar-refractivity contribution < 1.29 is 4.74 Å². The zero-order chi connectivity index (χ0) is 9.80. The first-order chi connectivity index (χ1) is 6.90. The maximum absolute atomic E-state index is 8.33. The van der Waals surface area contributed by atoms with Crippen molar-refractivity contribution in [3.05, 3.63) is 30.7 Å². The Morgan fingerprint density at radius 1 is 1.50 bits per heavy atom. The zero-order valence-corrected chi connectivity index (χ0v) is 7.27. The summed E-state index contributed by atoms with van der Waals surface area (Å²) in [5, 5.41) is 9.11. The van der Waals surface area contributed by atoms with Gasteiger partial charge in [0, 0.05) is 5.39 Å². The van der Waals surface area contributed by atoms with Crippen molar-refractivity contribution in [3.8, 4) is 11.8 Å². The van der Waals surface area contributed by atoms with Crippen LogP contribution in [0, 0.1) is 17.5 Å². The molecule has 2 rings (SSSR count). The summed E-state index contributed by atoms with van der Waals surface area (Å²) in [6.07, 6.45) is 4.23. The lowest BCUT2D eigenvalue weighted by Gasteiger charge is -2.01. The molecule has 0 fully saturated rings. The zero-order valence-electron chi connectivity index (χ0n) is 7.27. The highest BCUT2D eigenvalue weighted by atomic mass is 16.5. The molecular formula is C10H6N3O. The number of benzene rings is 1. The summed E-state index contributed by atoms with van der Waals surface area (Å²) in [4.78, 5) is 7.82. The summed E-state index contributed by atoms with van der Waals surface area (Å²) >= 11 is 0. The van der Waals surface area contributed by atoms with Crippen LogP contribution in [-0.4, -0.2) is 16.6 Å². The molecule has 0 atom stereocenters. The molecule has 0 bridgehead atoms. The number of nitrogens with zero attached hydrogens (tertiary/aromatic N) is 3. The molecule has 1 aromatic carbocycles. The average molecular weight is 184 g/mol. The van der Waals surface area contributed by atoms with Crippen LogP contribution in [0.5, 0.6) is 5.75 Å². The molecule has 0 saturated carbocycles. The van der Waals surface area contributed by atoms with Gasteiger partial charge in [-0.3, -0.25) is 0 Å². The van der Waals surface area contributed by atoms with Gasteiger partial charge in [-0.2, -0.15) is 5.26 Å². The standard InChI is InChI=1S/C10H6N3O/c11-3-4-14-9-1-2-10-8(5-9)6-12-7-13-10/h1-2,5,7H,4H2. The van der Waals surface area contributed by atoms with E-state index in [0.29, 0.717) is 5.75 Å². The molecule has 0 unspecified atom stereocenters. The summed E-state index contributed by atoms with van der Waals surface area (Å²) in [6.45, 7) is 0.0409. The number of rotatable bonds is 2. The van der Waals surface area contributed by atoms with Crippen LogP contribution in [0.15, 0.2) is 24.5 Å². The summed E-state index contributed by atoms with van der Waals surface area (Å²) in [7, 11) is 0. The molecule has 0 aliphatic carbocycles. The van der Waals surface area contributed by atoms with E-state index < -0.39 is 0 Å². The van der Waals surface area contributed by atoms with Gasteiger partial charge in [0.25, 0.3) is 0 Å². The van der Waals surface area contributed by atoms with Crippen LogP contribution in [0.2, 0.25) is 0 Å². The fraction of sp³-hybridized carbons (Fsp3) is 0.100. The van der Waals surface area contributed by atoms with Crippen LogP contribution < -0.4 is 4.74 Å². The molecule has 0 saturated heterocycles. The van der Waals surface area contributed by atoms with Crippen LogP contribution in [-0.2, 0) is 0 Å². The molecule has 0 aliphatic rings. The van der Waals surface area contributed by atoms with Crippen molar-refractivity contribution in [2.24, 2.45) is 0 Å². The van der Waals surface area contributed by atoms with Gasteiger partial charge < -0.3 is 4.74 Å². The third-order valence-corrected chi connectivity index (χ3v) is 1.71. The second-order valence-electron chi connectivity index (χ2n) is 2.61. The largest absolute Gasteiger partial charge is 0.479 e. The fourth-order valence-corrected chi connectivity index (χ4v) is 1.11.